The second-order valence-electron chi connectivity index (χ2n) is 15.8. The van der Waals surface area contributed by atoms with Gasteiger partial charge >= 0.3 is 13.2 Å². The molecule has 1 unspecified atom stereocenters. The number of aromatic amines is 1. The Balaban J connectivity index is 1.15. The maximum Gasteiger partial charge on any atom is 0.494 e. The van der Waals surface area contributed by atoms with Crippen LogP contribution in [0.15, 0.2) is 48.8 Å². The van der Waals surface area contributed by atoms with Crippen LogP contribution in [0.4, 0.5) is 9.18 Å². The second kappa shape index (κ2) is 13.8. The fraction of sp³-hybridized carbons (Fsp3) is 0.450. The number of imidazole rings is 1. The minimum atomic E-state index is -0.750. The van der Waals surface area contributed by atoms with Crippen molar-refractivity contribution in [3.8, 4) is 28.3 Å². The predicted octanol–water partition coefficient (Wildman–Crippen LogP) is 7.14. The Labute approximate surface area is 323 Å². The van der Waals surface area contributed by atoms with Crippen molar-refractivity contribution < 1.29 is 32.8 Å². The molecule has 2 N–H and O–H groups in total. The maximum absolute atomic E-state index is 16.6. The predicted molar refractivity (Wildman–Crippen MR) is 209 cm³/mol. The summed E-state index contributed by atoms with van der Waals surface area (Å²) in [7, 11) is 0.732. The van der Waals surface area contributed by atoms with Crippen LogP contribution in [0.1, 0.15) is 89.3 Å². The normalized spacial score (nSPS) is 20.4. The summed E-state index contributed by atoms with van der Waals surface area (Å²) >= 11 is 1.58. The number of likely N-dealkylation sites (tertiary alicyclic amines) is 1. The first kappa shape index (κ1) is 37.2. The number of alkyl carbamates (subject to hydrolysis) is 1. The second-order valence-corrected chi connectivity index (χ2v) is 17.0. The van der Waals surface area contributed by atoms with Crippen LogP contribution in [0.25, 0.3) is 33.4 Å². The van der Waals surface area contributed by atoms with Crippen molar-refractivity contribution in [2.24, 2.45) is 5.92 Å². The van der Waals surface area contributed by atoms with E-state index in [1.807, 2.05) is 82.6 Å². The Kier molecular flexibility index (Phi) is 9.33. The van der Waals surface area contributed by atoms with Crippen LogP contribution in [0.3, 0.4) is 0 Å². The van der Waals surface area contributed by atoms with Crippen LogP contribution in [0.2, 0.25) is 0 Å². The van der Waals surface area contributed by atoms with Crippen LogP contribution in [-0.2, 0) is 25.3 Å². The summed E-state index contributed by atoms with van der Waals surface area (Å²) in [6.45, 7) is 14.5. The number of thiazole rings is 1. The number of H-pyrrole nitrogens is 1. The highest BCUT2D eigenvalue weighted by Crippen LogP contribution is 2.48. The van der Waals surface area contributed by atoms with Gasteiger partial charge in [0.05, 0.1) is 62.9 Å². The third-order valence-electron chi connectivity index (χ3n) is 11.4. The molecule has 0 radical (unpaired) electrons. The van der Waals surface area contributed by atoms with Crippen LogP contribution in [-0.4, -0.2) is 74.4 Å². The number of rotatable bonds is 8. The number of nitrogens with one attached hydrogen (secondary N) is 2. The van der Waals surface area contributed by atoms with E-state index in [2.05, 4.69) is 27.2 Å². The molecule has 0 bridgehead atoms. The van der Waals surface area contributed by atoms with Gasteiger partial charge in [-0.1, -0.05) is 32.9 Å². The third-order valence-corrected chi connectivity index (χ3v) is 12.6. The molecule has 12 nitrogen and oxygen atoms in total. The first-order valence-electron chi connectivity index (χ1n) is 18.9. The van der Waals surface area contributed by atoms with Gasteiger partial charge in [0, 0.05) is 23.7 Å². The molecule has 288 valence electrons. The highest BCUT2D eigenvalue weighted by molar-refractivity contribution is 7.11. The van der Waals surface area contributed by atoms with Crippen molar-refractivity contribution in [1.29, 1.82) is 0 Å². The molecule has 8 rings (SSSR count). The fourth-order valence-corrected chi connectivity index (χ4v) is 8.59. The molecule has 2 fully saturated rings. The number of carbonyl (C=O) groups excluding carboxylic acids is 2. The molecule has 15 heteroatoms. The van der Waals surface area contributed by atoms with Gasteiger partial charge in [0.1, 0.15) is 23.4 Å². The number of aryl methyl sites for hydroxylation is 1. The Morgan fingerprint density at radius 2 is 1.87 bits per heavy atom. The van der Waals surface area contributed by atoms with Crippen molar-refractivity contribution in [2.75, 3.05) is 13.7 Å². The van der Waals surface area contributed by atoms with Crippen molar-refractivity contribution in [3.05, 3.63) is 70.3 Å². The summed E-state index contributed by atoms with van der Waals surface area (Å²) in [5, 5.41) is 4.57. The number of halogens is 1. The zero-order valence-corrected chi connectivity index (χ0v) is 33.2. The van der Waals surface area contributed by atoms with Gasteiger partial charge in [-0.05, 0) is 82.6 Å². The third kappa shape index (κ3) is 6.39. The summed E-state index contributed by atoms with van der Waals surface area (Å²) in [6.07, 6.45) is 4.52. The van der Waals surface area contributed by atoms with E-state index in [4.69, 9.17) is 18.8 Å². The average molecular weight is 769 g/mol. The molecule has 3 aliphatic heterocycles. The summed E-state index contributed by atoms with van der Waals surface area (Å²) in [5.41, 5.74) is 2.99. The van der Waals surface area contributed by atoms with Gasteiger partial charge in [-0.3, -0.25) is 9.36 Å². The molecule has 55 heavy (non-hydrogen) atoms. The number of hydrogen-bond acceptors (Lipinski definition) is 9. The SMILES string of the molecule is CCc1ncc(C2Oc3cc(-c4cnc([C@@H]5CCCN5C(=O)[C@@H](NC(=O)OC)C(C)C)[nH]4)cc(F)c3-c3cc4cc(B5OC(C)(C)C(C)(C)O5)ccc4n32)s1. The first-order chi connectivity index (χ1) is 26.2. The lowest BCUT2D eigenvalue weighted by Gasteiger charge is -2.32. The zero-order chi connectivity index (χ0) is 39.0. The quantitative estimate of drug-likeness (QED) is 0.159. The number of methoxy groups -OCH3 is 1. The number of nitrogens with zero attached hydrogens (tertiary/aromatic N) is 4. The Bertz CT molecular complexity index is 2280. The molecule has 0 spiro atoms. The van der Waals surface area contributed by atoms with Gasteiger partial charge in [0.15, 0.2) is 0 Å². The summed E-state index contributed by atoms with van der Waals surface area (Å²) < 4.78 is 42.9. The van der Waals surface area contributed by atoms with Crippen LogP contribution >= 0.6 is 11.3 Å². The summed E-state index contributed by atoms with van der Waals surface area (Å²) in [4.78, 5) is 41.1. The molecule has 5 aromatic rings. The minimum Gasteiger partial charge on any atom is -0.464 e. The van der Waals surface area contributed by atoms with Gasteiger partial charge in [0.25, 0.3) is 0 Å². The summed E-state index contributed by atoms with van der Waals surface area (Å²) in [6, 6.07) is 10.3. The molecule has 3 atom stereocenters. The van der Waals surface area contributed by atoms with Gasteiger partial charge in [-0.25, -0.2) is 19.2 Å². The zero-order valence-electron chi connectivity index (χ0n) is 32.4. The van der Waals surface area contributed by atoms with E-state index >= 15 is 4.39 Å². The van der Waals surface area contributed by atoms with Crippen molar-refractivity contribution >= 4 is 46.8 Å². The van der Waals surface area contributed by atoms with Crippen molar-refractivity contribution in [3.63, 3.8) is 0 Å². The van der Waals surface area contributed by atoms with Gasteiger partial charge in [-0.15, -0.1) is 11.3 Å². The molecule has 0 aliphatic carbocycles. The molecule has 2 amide bonds. The van der Waals surface area contributed by atoms with E-state index in [1.54, 1.807) is 22.4 Å². The largest absolute Gasteiger partial charge is 0.494 e. The van der Waals surface area contributed by atoms with E-state index < -0.39 is 42.5 Å². The Morgan fingerprint density at radius 3 is 2.56 bits per heavy atom. The molecular weight excluding hydrogens is 722 g/mol. The number of hydrogen-bond donors (Lipinski definition) is 2. The smallest absolute Gasteiger partial charge is 0.464 e. The number of aromatic nitrogens is 4. The molecule has 0 saturated carbocycles. The lowest BCUT2D eigenvalue weighted by Crippen LogP contribution is -2.51. The molecule has 6 heterocycles. The fourth-order valence-electron chi connectivity index (χ4n) is 7.71. The van der Waals surface area contributed by atoms with Gasteiger partial charge in [-0.2, -0.15) is 0 Å². The van der Waals surface area contributed by atoms with Crippen molar-refractivity contribution in [2.45, 2.75) is 97.2 Å². The highest BCUT2D eigenvalue weighted by atomic mass is 32.1. The Hall–Kier alpha value is -4.73. The van der Waals surface area contributed by atoms with Crippen LogP contribution in [0, 0.1) is 11.7 Å². The average Bonchev–Trinajstić information content (AvgIpc) is 3.99. The van der Waals surface area contributed by atoms with E-state index in [0.717, 1.165) is 39.1 Å². The number of ether oxygens (including phenoxy) is 2. The molecule has 3 aliphatic rings. The molecule has 2 saturated heterocycles. The van der Waals surface area contributed by atoms with Crippen LogP contribution < -0.4 is 15.5 Å². The number of amides is 2. The van der Waals surface area contributed by atoms with E-state index in [-0.39, 0.29) is 17.9 Å². The van der Waals surface area contributed by atoms with Gasteiger partial charge in [0.2, 0.25) is 12.1 Å². The molecular formula is C40H46BFN6O6S. The number of fused-ring (bicyclic) bond motifs is 5. The van der Waals surface area contributed by atoms with E-state index in [1.165, 1.54) is 13.2 Å². The van der Waals surface area contributed by atoms with Gasteiger partial charge < -0.3 is 34.0 Å². The summed E-state index contributed by atoms with van der Waals surface area (Å²) in [5.74, 6) is 0.190. The molecule has 2 aromatic carbocycles. The lowest BCUT2D eigenvalue weighted by molar-refractivity contribution is -0.135. The standard InChI is InChI=1S/C40H46BFN6O6S/c1-9-32-43-20-31(55-32)37-48-27-13-12-24(41-53-39(4,5)40(6,7)54-41)15-23(27)17-29(48)33-25(42)16-22(18-30(33)52-37)26-19-44-35(45-26)28-11-10-14-47(28)36(49)34(21(2)3)46-38(50)51-8/h12-13,15-21,28,34,37H,9-11,14H2,1-8H3,(H,44,45)(H,46,50)/t28-,34-,37?/m0/s1. The first-order valence-corrected chi connectivity index (χ1v) is 19.7. The minimum absolute atomic E-state index is 0.156. The van der Waals surface area contributed by atoms with Crippen LogP contribution in [0.5, 0.6) is 5.75 Å². The monoisotopic (exact) mass is 768 g/mol. The van der Waals surface area contributed by atoms with Crippen molar-refractivity contribution in [1.82, 2.24) is 29.7 Å². The maximum atomic E-state index is 16.6. The lowest BCUT2D eigenvalue weighted by atomic mass is 9.78. The molecule has 3 aromatic heterocycles. The highest BCUT2D eigenvalue weighted by Gasteiger charge is 2.52. The Morgan fingerprint density at radius 1 is 1.11 bits per heavy atom. The number of carbonyl (C=O) groups is 2. The number of benzene rings is 2. The van der Waals surface area contributed by atoms with E-state index in [0.29, 0.717) is 47.1 Å². The topological polar surface area (TPSA) is 133 Å². The van der Waals surface area contributed by atoms with E-state index in [9.17, 15) is 9.59 Å².